The number of hydrogen-bond acceptors (Lipinski definition) is 1. The summed E-state index contributed by atoms with van der Waals surface area (Å²) in [6, 6.07) is 0. The largest absolute Gasteiger partial charge is 0.0209 e. The van der Waals surface area contributed by atoms with Crippen LogP contribution in [0.1, 0.15) is 0 Å². The van der Waals surface area contributed by atoms with Gasteiger partial charge in [0.25, 0.3) is 0 Å². The third kappa shape index (κ3) is 56.3. The lowest BCUT2D eigenvalue weighted by Gasteiger charge is -1.41. The van der Waals surface area contributed by atoms with Gasteiger partial charge in [-0.25, -0.2) is 0 Å². The van der Waals surface area contributed by atoms with E-state index in [0.29, 0.717) is 0 Å². The molecule has 0 atom stereocenters. The summed E-state index contributed by atoms with van der Waals surface area (Å²) in [5, 5.41) is 1.25. The van der Waals surface area contributed by atoms with E-state index in [1.165, 1.54) is 5.15 Å². The number of halogens is 2. The molecule has 4 heteroatoms. The van der Waals surface area contributed by atoms with Crippen LogP contribution in [0.25, 0.3) is 0 Å². The van der Waals surface area contributed by atoms with E-state index < -0.39 is 0 Å². The summed E-state index contributed by atoms with van der Waals surface area (Å²) in [4.78, 5) is 0. The summed E-state index contributed by atoms with van der Waals surface area (Å²) >= 11 is 0. The molecule has 4 heavy (non-hydrogen) atoms. The summed E-state index contributed by atoms with van der Waals surface area (Å²) in [7, 11) is 0. The average molecular weight is 85.0 g/mol. The monoisotopic (exact) mass is 85.0 g/mol. The Balaban J connectivity index is 0. The van der Waals surface area contributed by atoms with Crippen LogP contribution in [-0.2, 0) is 5.15 Å². The first kappa shape index (κ1) is 8.87. The molecule has 25 valence electrons. The van der Waals surface area contributed by atoms with Gasteiger partial charge in [-0.15, -0.1) is 0 Å². The van der Waals surface area contributed by atoms with Crippen molar-refractivity contribution >= 4 is 9.90 Å². The molecule has 0 unspecified atom stereocenters. The molecule has 0 spiro atoms. The minimum absolute atomic E-state index is 0. The van der Waals surface area contributed by atoms with Crippen LogP contribution in [0.4, 0.5) is 9.05 Å². The SMILES string of the molecule is FOF.[P]. The second-order valence-corrected chi connectivity index (χ2v) is 0.0583. The number of hydrogen-bond donors (Lipinski definition) is 0. The summed E-state index contributed by atoms with van der Waals surface area (Å²) in [5.41, 5.74) is 0. The van der Waals surface area contributed by atoms with Crippen LogP contribution in [0.3, 0.4) is 0 Å². The highest BCUT2D eigenvalue weighted by Crippen LogP contribution is 1.61. The molecule has 0 aliphatic carbocycles. The van der Waals surface area contributed by atoms with Crippen molar-refractivity contribution in [3.63, 3.8) is 0 Å². The van der Waals surface area contributed by atoms with Crippen LogP contribution in [0, 0.1) is 0 Å². The lowest BCUT2D eigenvalue weighted by molar-refractivity contribution is -0.317. The Morgan fingerprint density at radius 3 is 1.25 bits per heavy atom. The predicted molar refractivity (Wildman–Crippen MR) is 10.2 cm³/mol. The van der Waals surface area contributed by atoms with Crippen molar-refractivity contribution in [1.29, 1.82) is 0 Å². The fourth-order valence-electron chi connectivity index (χ4n) is 0. The van der Waals surface area contributed by atoms with Crippen LogP contribution in [0.2, 0.25) is 0 Å². The quantitative estimate of drug-likeness (QED) is 0.406. The minimum Gasteiger partial charge on any atom is -0.0104 e. The summed E-state index contributed by atoms with van der Waals surface area (Å²) in [5.74, 6) is 0. The van der Waals surface area contributed by atoms with Crippen molar-refractivity contribution < 1.29 is 14.2 Å². The first-order valence-electron chi connectivity index (χ1n) is 0.309. The third-order valence-corrected chi connectivity index (χ3v) is 0. The second-order valence-electron chi connectivity index (χ2n) is 0.0583. The molecular weight excluding hydrogens is 85.0 g/mol. The third-order valence-electron chi connectivity index (χ3n) is 0. The normalized spacial score (nSPS) is 4.50. The highest BCUT2D eigenvalue weighted by atomic mass is 31.0. The molecule has 0 aromatic carbocycles. The summed E-state index contributed by atoms with van der Waals surface area (Å²) < 4.78 is 18.2. The van der Waals surface area contributed by atoms with E-state index in [1.54, 1.807) is 0 Å². The predicted octanol–water partition coefficient (Wildman–Crippen LogP) is 1.63. The van der Waals surface area contributed by atoms with Gasteiger partial charge in [0, 0.05) is 15.0 Å². The molecule has 0 fully saturated rings. The zero-order chi connectivity index (χ0) is 2.71. The van der Waals surface area contributed by atoms with Gasteiger partial charge in [-0.2, -0.15) is 0 Å². The van der Waals surface area contributed by atoms with Crippen molar-refractivity contribution in [2.75, 3.05) is 0 Å². The van der Waals surface area contributed by atoms with Gasteiger partial charge in [-0.3, -0.25) is 0 Å². The van der Waals surface area contributed by atoms with Crippen molar-refractivity contribution in [1.82, 2.24) is 0 Å². The van der Waals surface area contributed by atoms with Gasteiger partial charge in [0.1, 0.15) is 0 Å². The van der Waals surface area contributed by atoms with Crippen LogP contribution in [0.15, 0.2) is 0 Å². The van der Waals surface area contributed by atoms with Gasteiger partial charge in [0.2, 0.25) is 0 Å². The molecule has 1 nitrogen and oxygen atoms in total. The minimum atomic E-state index is 0. The van der Waals surface area contributed by atoms with Gasteiger partial charge in [-0.05, 0) is 9.05 Å². The molecular formula is F2OP. The van der Waals surface area contributed by atoms with Crippen molar-refractivity contribution in [3.8, 4) is 0 Å². The molecule has 0 saturated carbocycles. The fourth-order valence-corrected chi connectivity index (χ4v) is 0. The van der Waals surface area contributed by atoms with E-state index >= 15 is 0 Å². The highest BCUT2D eigenvalue weighted by Gasteiger charge is 1.42. The molecule has 0 heterocycles. The van der Waals surface area contributed by atoms with Crippen LogP contribution < -0.4 is 0 Å². The maximum Gasteiger partial charge on any atom is 0.0209 e. The first-order valence-corrected chi connectivity index (χ1v) is 0.309. The second kappa shape index (κ2) is 10.5. The van der Waals surface area contributed by atoms with Crippen molar-refractivity contribution in [3.05, 3.63) is 0 Å². The van der Waals surface area contributed by atoms with Crippen LogP contribution >= 0.6 is 9.90 Å². The van der Waals surface area contributed by atoms with Gasteiger partial charge in [0.15, 0.2) is 0 Å². The van der Waals surface area contributed by atoms with E-state index in [4.69, 9.17) is 9.05 Å². The van der Waals surface area contributed by atoms with Gasteiger partial charge < -0.3 is 0 Å². The van der Waals surface area contributed by atoms with Crippen molar-refractivity contribution in [2.24, 2.45) is 0 Å². The molecule has 0 saturated heterocycles. The van der Waals surface area contributed by atoms with E-state index in [-0.39, 0.29) is 9.90 Å². The maximum atomic E-state index is 9.12. The Morgan fingerprint density at radius 2 is 1.25 bits per heavy atom. The zero-order valence-corrected chi connectivity index (χ0v) is 2.51. The lowest BCUT2D eigenvalue weighted by Crippen LogP contribution is -1.26. The first-order chi connectivity index (χ1) is 1.41. The Bertz CT molecular complexity index is 6.00. The topological polar surface area (TPSA) is 9.23 Å². The molecule has 0 aromatic rings. The number of rotatable bonds is 0. The molecule has 0 amide bonds. The van der Waals surface area contributed by atoms with E-state index in [1.807, 2.05) is 0 Å². The molecule has 0 aromatic heterocycles. The fraction of sp³-hybridized carbons (Fsp3) is 0. The molecule has 0 aliphatic heterocycles. The van der Waals surface area contributed by atoms with E-state index in [2.05, 4.69) is 0 Å². The average Bonchev–Trinajstić information content (AvgIpc) is 0.918. The van der Waals surface area contributed by atoms with E-state index in [0.717, 1.165) is 0 Å². The smallest absolute Gasteiger partial charge is 0.0104 e. The molecule has 3 radical (unpaired) electrons. The Kier molecular flexibility index (Phi) is 23.3. The Morgan fingerprint density at radius 1 is 1.25 bits per heavy atom. The van der Waals surface area contributed by atoms with Crippen molar-refractivity contribution in [2.45, 2.75) is 0 Å². The van der Waals surface area contributed by atoms with Crippen LogP contribution in [0.5, 0.6) is 0 Å². The zero-order valence-electron chi connectivity index (χ0n) is 1.61. The van der Waals surface area contributed by atoms with Gasteiger partial charge in [-0.1, -0.05) is 0 Å². The van der Waals surface area contributed by atoms with Crippen LogP contribution in [-0.4, -0.2) is 0 Å². The maximum absolute atomic E-state index is 9.12. The molecule has 0 aliphatic rings. The summed E-state index contributed by atoms with van der Waals surface area (Å²) in [6.07, 6.45) is 0. The van der Waals surface area contributed by atoms with Gasteiger partial charge in [0.05, 0.1) is 0 Å². The molecule has 0 rings (SSSR count). The standard InChI is InChI=1S/F2O.P/c1-3-2;. The summed E-state index contributed by atoms with van der Waals surface area (Å²) in [6.45, 7) is 0. The lowest BCUT2D eigenvalue weighted by atomic mass is 15.4. The van der Waals surface area contributed by atoms with E-state index in [9.17, 15) is 0 Å². The Hall–Kier alpha value is 0.250. The van der Waals surface area contributed by atoms with Gasteiger partial charge >= 0.3 is 0 Å². The Labute approximate surface area is 25.4 Å². The molecule has 0 bridgehead atoms. The highest BCUT2D eigenvalue weighted by molar-refractivity contribution is 6.92. The molecule has 0 N–H and O–H groups in total.